The summed E-state index contributed by atoms with van der Waals surface area (Å²) in [6, 6.07) is 0. The highest BCUT2D eigenvalue weighted by Crippen LogP contribution is 1.73. The second kappa shape index (κ2) is 8.51. The summed E-state index contributed by atoms with van der Waals surface area (Å²) >= 11 is 0. The van der Waals surface area contributed by atoms with Gasteiger partial charge in [-0.2, -0.15) is 0 Å². The van der Waals surface area contributed by atoms with Crippen molar-refractivity contribution in [1.82, 2.24) is 0 Å². The smallest absolute Gasteiger partial charge is 0.341 e. The van der Waals surface area contributed by atoms with Crippen molar-refractivity contribution in [2.24, 2.45) is 0 Å². The van der Waals surface area contributed by atoms with Gasteiger partial charge in [0.05, 0.1) is 7.11 Å². The van der Waals surface area contributed by atoms with Crippen LogP contribution in [0.3, 0.4) is 0 Å². The molecule has 0 radical (unpaired) electrons. The molecular formula is C7H12O6. The first-order chi connectivity index (χ1) is 5.90. The lowest BCUT2D eigenvalue weighted by molar-refractivity contribution is -0.153. The Morgan fingerprint density at radius 2 is 1.54 bits per heavy atom. The van der Waals surface area contributed by atoms with Crippen LogP contribution in [0.4, 0.5) is 0 Å². The Morgan fingerprint density at radius 1 is 1.15 bits per heavy atom. The van der Waals surface area contributed by atoms with E-state index in [1.54, 1.807) is 0 Å². The average molecular weight is 192 g/mol. The van der Waals surface area contributed by atoms with Crippen LogP contribution in [0.25, 0.3) is 0 Å². The van der Waals surface area contributed by atoms with E-state index in [0.29, 0.717) is 0 Å². The molecule has 0 aromatic heterocycles. The third kappa shape index (κ3) is 25.2. The SMILES string of the molecule is CC(=O)OCC(=O)O.COC(C)=O. The van der Waals surface area contributed by atoms with Crippen LogP contribution in [0.1, 0.15) is 13.8 Å². The van der Waals surface area contributed by atoms with Crippen LogP contribution in [0.2, 0.25) is 0 Å². The van der Waals surface area contributed by atoms with Crippen LogP contribution >= 0.6 is 0 Å². The summed E-state index contributed by atoms with van der Waals surface area (Å²) in [7, 11) is 1.35. The van der Waals surface area contributed by atoms with Crippen molar-refractivity contribution in [3.05, 3.63) is 0 Å². The van der Waals surface area contributed by atoms with Gasteiger partial charge in [0.25, 0.3) is 0 Å². The molecule has 0 unspecified atom stereocenters. The van der Waals surface area contributed by atoms with E-state index in [0.717, 1.165) is 6.92 Å². The van der Waals surface area contributed by atoms with E-state index in [9.17, 15) is 14.4 Å². The molecule has 0 spiro atoms. The summed E-state index contributed by atoms with van der Waals surface area (Å²) in [5.74, 6) is -1.96. The summed E-state index contributed by atoms with van der Waals surface area (Å²) in [4.78, 5) is 29.1. The van der Waals surface area contributed by atoms with E-state index in [1.165, 1.54) is 14.0 Å². The lowest BCUT2D eigenvalue weighted by Gasteiger charge is -1.92. The van der Waals surface area contributed by atoms with Crippen molar-refractivity contribution in [3.63, 3.8) is 0 Å². The summed E-state index contributed by atoms with van der Waals surface area (Å²) in [5.41, 5.74) is 0. The number of esters is 2. The normalized spacial score (nSPS) is 7.62. The molecule has 0 amide bonds. The van der Waals surface area contributed by atoms with Crippen molar-refractivity contribution >= 4 is 17.9 Å². The predicted octanol–water partition coefficient (Wildman–Crippen LogP) is -0.187. The number of rotatable bonds is 2. The average Bonchev–Trinajstić information content (AvgIpc) is 2.02. The van der Waals surface area contributed by atoms with Gasteiger partial charge in [-0.25, -0.2) is 4.79 Å². The number of carbonyl (C=O) groups is 3. The van der Waals surface area contributed by atoms with Crippen molar-refractivity contribution in [2.45, 2.75) is 13.8 Å². The zero-order valence-corrected chi connectivity index (χ0v) is 7.70. The molecule has 0 fully saturated rings. The van der Waals surface area contributed by atoms with E-state index in [2.05, 4.69) is 9.47 Å². The Balaban J connectivity index is 0. The molecule has 0 heterocycles. The van der Waals surface area contributed by atoms with Gasteiger partial charge in [0, 0.05) is 13.8 Å². The number of carboxylic acid groups (broad SMARTS) is 1. The molecule has 0 aromatic rings. The van der Waals surface area contributed by atoms with Gasteiger partial charge >= 0.3 is 17.9 Å². The van der Waals surface area contributed by atoms with Gasteiger partial charge < -0.3 is 14.6 Å². The minimum Gasteiger partial charge on any atom is -0.479 e. The Morgan fingerprint density at radius 3 is 1.62 bits per heavy atom. The van der Waals surface area contributed by atoms with E-state index in [-0.39, 0.29) is 5.97 Å². The fourth-order valence-corrected chi connectivity index (χ4v) is 0.163. The third-order valence-electron chi connectivity index (χ3n) is 0.686. The molecule has 0 rings (SSSR count). The van der Waals surface area contributed by atoms with E-state index in [4.69, 9.17) is 5.11 Å². The topological polar surface area (TPSA) is 89.9 Å². The quantitative estimate of drug-likeness (QED) is 0.610. The van der Waals surface area contributed by atoms with Crippen molar-refractivity contribution < 1.29 is 29.0 Å². The molecule has 0 aliphatic heterocycles. The Labute approximate surface area is 75.4 Å². The van der Waals surface area contributed by atoms with Gasteiger partial charge in [0.15, 0.2) is 6.61 Å². The lowest BCUT2D eigenvalue weighted by Crippen LogP contribution is -2.09. The molecular weight excluding hydrogens is 180 g/mol. The molecule has 0 saturated carbocycles. The summed E-state index contributed by atoms with van der Waals surface area (Å²) in [6.45, 7) is 1.97. The fourth-order valence-electron chi connectivity index (χ4n) is 0.163. The number of ether oxygens (including phenoxy) is 2. The zero-order valence-electron chi connectivity index (χ0n) is 7.70. The maximum atomic E-state index is 9.86. The second-order valence-electron chi connectivity index (χ2n) is 1.87. The van der Waals surface area contributed by atoms with Crippen molar-refractivity contribution in [2.75, 3.05) is 13.7 Å². The van der Waals surface area contributed by atoms with E-state index < -0.39 is 18.5 Å². The van der Waals surface area contributed by atoms with Gasteiger partial charge in [0.1, 0.15) is 0 Å². The van der Waals surface area contributed by atoms with Crippen LogP contribution in [0.15, 0.2) is 0 Å². The number of carbonyl (C=O) groups excluding carboxylic acids is 2. The molecule has 0 atom stereocenters. The fraction of sp³-hybridized carbons (Fsp3) is 0.571. The first-order valence-electron chi connectivity index (χ1n) is 3.29. The molecule has 6 nitrogen and oxygen atoms in total. The minimum absolute atomic E-state index is 0.245. The molecule has 0 aliphatic carbocycles. The highest BCUT2D eigenvalue weighted by Gasteiger charge is 1.97. The number of hydrogen-bond donors (Lipinski definition) is 1. The first kappa shape index (κ1) is 14.0. The minimum atomic E-state index is -1.14. The molecule has 1 N–H and O–H groups in total. The summed E-state index contributed by atoms with van der Waals surface area (Å²) in [5, 5.41) is 7.89. The van der Waals surface area contributed by atoms with Gasteiger partial charge in [-0.05, 0) is 0 Å². The van der Waals surface area contributed by atoms with Crippen molar-refractivity contribution in [1.29, 1.82) is 0 Å². The Bertz CT molecular complexity index is 171. The highest BCUT2D eigenvalue weighted by atomic mass is 16.5. The van der Waals surface area contributed by atoms with Crippen LogP contribution in [-0.4, -0.2) is 36.7 Å². The van der Waals surface area contributed by atoms with Gasteiger partial charge in [0.2, 0.25) is 0 Å². The third-order valence-corrected chi connectivity index (χ3v) is 0.686. The molecule has 13 heavy (non-hydrogen) atoms. The van der Waals surface area contributed by atoms with Crippen LogP contribution < -0.4 is 0 Å². The molecule has 0 aromatic carbocycles. The monoisotopic (exact) mass is 192 g/mol. The van der Waals surface area contributed by atoms with Crippen LogP contribution in [-0.2, 0) is 23.9 Å². The number of hydrogen-bond acceptors (Lipinski definition) is 5. The first-order valence-corrected chi connectivity index (χ1v) is 3.29. The van der Waals surface area contributed by atoms with Gasteiger partial charge in [-0.1, -0.05) is 0 Å². The number of aliphatic carboxylic acids is 1. The summed E-state index contributed by atoms with van der Waals surface area (Å²) in [6.07, 6.45) is 0. The number of methoxy groups -OCH3 is 1. The molecule has 6 heteroatoms. The Kier molecular flexibility index (Phi) is 9.14. The van der Waals surface area contributed by atoms with Crippen molar-refractivity contribution in [3.8, 4) is 0 Å². The number of carboxylic acids is 1. The zero-order chi connectivity index (χ0) is 10.9. The molecule has 0 saturated heterocycles. The lowest BCUT2D eigenvalue weighted by atomic mass is 10.7. The van der Waals surface area contributed by atoms with Crippen LogP contribution in [0.5, 0.6) is 0 Å². The second-order valence-corrected chi connectivity index (χ2v) is 1.87. The van der Waals surface area contributed by atoms with E-state index >= 15 is 0 Å². The molecule has 0 aliphatic rings. The largest absolute Gasteiger partial charge is 0.479 e. The molecule has 76 valence electrons. The maximum absolute atomic E-state index is 9.86. The maximum Gasteiger partial charge on any atom is 0.341 e. The standard InChI is InChI=1S/C4H6O4.C3H6O2/c1-3(5)8-2-4(6)7;1-3(4)5-2/h2H2,1H3,(H,6,7);1-2H3. The predicted molar refractivity (Wildman–Crippen MR) is 42.0 cm³/mol. The van der Waals surface area contributed by atoms with Crippen LogP contribution in [0, 0.1) is 0 Å². The van der Waals surface area contributed by atoms with Gasteiger partial charge in [-0.15, -0.1) is 0 Å². The van der Waals surface area contributed by atoms with Gasteiger partial charge in [-0.3, -0.25) is 9.59 Å². The van der Waals surface area contributed by atoms with E-state index in [1.807, 2.05) is 0 Å². The molecule has 0 bridgehead atoms. The summed E-state index contributed by atoms with van der Waals surface area (Å²) < 4.78 is 8.18. The highest BCUT2D eigenvalue weighted by molar-refractivity contribution is 5.73. The Hall–Kier alpha value is -1.59.